The first-order valence-corrected chi connectivity index (χ1v) is 14.2. The second-order valence-electron chi connectivity index (χ2n) is 8.67. The summed E-state index contributed by atoms with van der Waals surface area (Å²) in [5, 5.41) is 0. The Bertz CT molecular complexity index is 1320. The summed E-state index contributed by atoms with van der Waals surface area (Å²) in [5.74, 6) is 0.153. The van der Waals surface area contributed by atoms with Crippen LogP contribution in [0, 0.1) is 0 Å². The molecule has 2 unspecified atom stereocenters. The summed E-state index contributed by atoms with van der Waals surface area (Å²) >= 11 is 0. The molecule has 1 fully saturated rings. The number of nitrogens with zero attached hydrogens (tertiary/aromatic N) is 2. The van der Waals surface area contributed by atoms with E-state index in [-0.39, 0.29) is 30.1 Å². The predicted molar refractivity (Wildman–Crippen MR) is 123 cm³/mol. The number of hydrogen-bond acceptors (Lipinski definition) is 7. The summed E-state index contributed by atoms with van der Waals surface area (Å²) in [7, 11) is -8.20. The van der Waals surface area contributed by atoms with Crippen molar-refractivity contribution in [2.45, 2.75) is 24.4 Å². The average Bonchev–Trinajstić information content (AvgIpc) is 3.42. The Balaban J connectivity index is 1.60. The van der Waals surface area contributed by atoms with Crippen LogP contribution in [0.5, 0.6) is 5.75 Å². The molecule has 176 valence electrons. The molecule has 1 spiro atoms. The second kappa shape index (κ2) is 7.44. The topological polar surface area (TPSA) is 110 Å². The van der Waals surface area contributed by atoms with E-state index in [0.29, 0.717) is 22.4 Å². The van der Waals surface area contributed by atoms with Crippen molar-refractivity contribution in [3.63, 3.8) is 0 Å². The molecule has 1 amide bonds. The lowest BCUT2D eigenvalue weighted by Gasteiger charge is -2.25. The van der Waals surface area contributed by atoms with Gasteiger partial charge in [0.1, 0.15) is 17.8 Å². The van der Waals surface area contributed by atoms with Crippen LogP contribution in [-0.2, 0) is 35.0 Å². The summed E-state index contributed by atoms with van der Waals surface area (Å²) < 4.78 is 60.8. The second-order valence-corrected chi connectivity index (χ2v) is 12.6. The molecule has 0 N–H and O–H groups in total. The zero-order chi connectivity index (χ0) is 23.6. The number of para-hydroxylation sites is 1. The Morgan fingerprint density at radius 1 is 1.06 bits per heavy atom. The summed E-state index contributed by atoms with van der Waals surface area (Å²) in [4.78, 5) is 15.6. The van der Waals surface area contributed by atoms with Crippen molar-refractivity contribution in [3.8, 4) is 5.75 Å². The van der Waals surface area contributed by atoms with Crippen molar-refractivity contribution >= 4 is 37.3 Å². The summed E-state index contributed by atoms with van der Waals surface area (Å²) in [6.07, 6.45) is 3.47. The molecule has 0 radical (unpaired) electrons. The number of carbonyl (C=O) groups excluding carboxylic acids is 1. The van der Waals surface area contributed by atoms with Crippen LogP contribution < -0.4 is 13.3 Å². The van der Waals surface area contributed by atoms with E-state index in [9.17, 15) is 21.6 Å². The lowest BCUT2D eigenvalue weighted by molar-refractivity contribution is -0.122. The maximum absolute atomic E-state index is 13.9. The van der Waals surface area contributed by atoms with E-state index in [0.717, 1.165) is 36.6 Å². The van der Waals surface area contributed by atoms with E-state index < -0.39 is 25.5 Å². The Labute approximate surface area is 193 Å². The van der Waals surface area contributed by atoms with Gasteiger partial charge in [-0.1, -0.05) is 24.3 Å². The molecule has 2 aromatic carbocycles. The molecular weight excluding hydrogens is 468 g/mol. The van der Waals surface area contributed by atoms with Crippen molar-refractivity contribution < 1.29 is 31.1 Å². The smallest absolute Gasteiger partial charge is 0.245 e. The first-order valence-electron chi connectivity index (χ1n) is 10.5. The highest BCUT2D eigenvalue weighted by molar-refractivity contribution is 8.09. The fourth-order valence-electron chi connectivity index (χ4n) is 5.09. The van der Waals surface area contributed by atoms with Gasteiger partial charge in [0.15, 0.2) is 0 Å². The standard InChI is InChI=1S/C22H24N2O7S2/c1-32(26,27)24(33(2,28)29)15-9-10-18-20(12-15)31-14-22(18)17-7-3-4-8-19(17)23(21(22)25)13-16-6-5-11-30-16/h3-4,7-10,12,16H,5-6,11,13-14H2,1-2H3. The van der Waals surface area contributed by atoms with Gasteiger partial charge in [-0.3, -0.25) is 4.79 Å². The van der Waals surface area contributed by atoms with Gasteiger partial charge in [-0.25, -0.2) is 16.8 Å². The third-order valence-corrected chi connectivity index (χ3v) is 9.61. The molecule has 3 aliphatic heterocycles. The maximum Gasteiger partial charge on any atom is 0.245 e. The van der Waals surface area contributed by atoms with Gasteiger partial charge in [0.05, 0.1) is 30.8 Å². The van der Waals surface area contributed by atoms with Gasteiger partial charge in [0, 0.05) is 23.9 Å². The number of ether oxygens (including phenoxy) is 2. The molecule has 1 saturated heterocycles. The molecule has 2 atom stereocenters. The van der Waals surface area contributed by atoms with E-state index in [4.69, 9.17) is 9.47 Å². The Hall–Kier alpha value is -2.63. The lowest BCUT2D eigenvalue weighted by Crippen LogP contribution is -2.44. The number of benzene rings is 2. The predicted octanol–water partition coefficient (Wildman–Crippen LogP) is 1.62. The van der Waals surface area contributed by atoms with E-state index in [2.05, 4.69) is 0 Å². The van der Waals surface area contributed by atoms with Crippen LogP contribution in [0.3, 0.4) is 0 Å². The van der Waals surface area contributed by atoms with Crippen LogP contribution in [0.2, 0.25) is 0 Å². The third kappa shape index (κ3) is 3.41. The minimum Gasteiger partial charge on any atom is -0.491 e. The van der Waals surface area contributed by atoms with Gasteiger partial charge in [0.25, 0.3) is 0 Å². The van der Waals surface area contributed by atoms with Crippen molar-refractivity contribution in [1.82, 2.24) is 0 Å². The molecule has 3 heterocycles. The number of fused-ring (bicyclic) bond motifs is 4. The normalized spacial score (nSPS) is 24.1. The summed E-state index contributed by atoms with van der Waals surface area (Å²) in [5.41, 5.74) is 1.05. The largest absolute Gasteiger partial charge is 0.491 e. The number of sulfonamides is 2. The molecule has 9 nitrogen and oxygen atoms in total. The SMILES string of the molecule is CS(=O)(=O)N(c1ccc2c(c1)OCC21C(=O)N(CC2CCCO2)c2ccccc21)S(C)(=O)=O. The van der Waals surface area contributed by atoms with E-state index >= 15 is 0 Å². The van der Waals surface area contributed by atoms with Crippen LogP contribution in [0.15, 0.2) is 42.5 Å². The molecule has 33 heavy (non-hydrogen) atoms. The Kier molecular flexibility index (Phi) is 5.00. The molecule has 5 rings (SSSR count). The van der Waals surface area contributed by atoms with Gasteiger partial charge < -0.3 is 14.4 Å². The van der Waals surface area contributed by atoms with Crippen molar-refractivity contribution in [1.29, 1.82) is 0 Å². The molecule has 0 aliphatic carbocycles. The van der Waals surface area contributed by atoms with E-state index in [1.807, 2.05) is 24.3 Å². The summed E-state index contributed by atoms with van der Waals surface area (Å²) in [6, 6.07) is 11.9. The van der Waals surface area contributed by atoms with Crippen molar-refractivity contribution in [2.75, 3.05) is 40.9 Å². The lowest BCUT2D eigenvalue weighted by atomic mass is 9.77. The zero-order valence-corrected chi connectivity index (χ0v) is 19.9. The molecule has 0 bridgehead atoms. The van der Waals surface area contributed by atoms with Gasteiger partial charge >= 0.3 is 0 Å². The monoisotopic (exact) mass is 492 g/mol. The van der Waals surface area contributed by atoms with Crippen LogP contribution in [0.4, 0.5) is 11.4 Å². The highest BCUT2D eigenvalue weighted by Crippen LogP contribution is 2.53. The van der Waals surface area contributed by atoms with Crippen molar-refractivity contribution in [3.05, 3.63) is 53.6 Å². The average molecular weight is 493 g/mol. The summed E-state index contributed by atoms with van der Waals surface area (Å²) in [6.45, 7) is 1.17. The minimum atomic E-state index is -4.10. The molecular formula is C22H24N2O7S2. The van der Waals surface area contributed by atoms with Gasteiger partial charge in [-0.2, -0.15) is 3.71 Å². The number of carbonyl (C=O) groups is 1. The van der Waals surface area contributed by atoms with E-state index in [1.54, 1.807) is 11.0 Å². The first kappa shape index (κ1) is 22.2. The van der Waals surface area contributed by atoms with Gasteiger partial charge in [-0.05, 0) is 30.5 Å². The Morgan fingerprint density at radius 2 is 1.79 bits per heavy atom. The zero-order valence-electron chi connectivity index (χ0n) is 18.2. The van der Waals surface area contributed by atoms with Crippen LogP contribution in [0.1, 0.15) is 24.0 Å². The van der Waals surface area contributed by atoms with Crippen LogP contribution in [-0.4, -0.2) is 61.1 Å². The maximum atomic E-state index is 13.9. The Morgan fingerprint density at radius 3 is 2.45 bits per heavy atom. The minimum absolute atomic E-state index is 0.0283. The van der Waals surface area contributed by atoms with E-state index in [1.165, 1.54) is 12.1 Å². The first-order chi connectivity index (χ1) is 15.5. The highest BCUT2D eigenvalue weighted by Gasteiger charge is 2.57. The van der Waals surface area contributed by atoms with Gasteiger partial charge in [-0.15, -0.1) is 0 Å². The molecule has 0 saturated carbocycles. The third-order valence-electron chi connectivity index (χ3n) is 6.36. The fourth-order valence-corrected chi connectivity index (χ4v) is 8.05. The molecule has 3 aliphatic rings. The molecule has 2 aromatic rings. The highest BCUT2D eigenvalue weighted by atomic mass is 32.3. The van der Waals surface area contributed by atoms with Crippen LogP contribution in [0.25, 0.3) is 0 Å². The quantitative estimate of drug-likeness (QED) is 0.624. The van der Waals surface area contributed by atoms with Crippen LogP contribution >= 0.6 is 0 Å². The number of amides is 1. The number of anilines is 2. The molecule has 11 heteroatoms. The van der Waals surface area contributed by atoms with Gasteiger partial charge in [0.2, 0.25) is 26.0 Å². The molecule has 0 aromatic heterocycles. The van der Waals surface area contributed by atoms with Crippen molar-refractivity contribution in [2.24, 2.45) is 0 Å². The number of rotatable bonds is 5. The fraction of sp³-hybridized carbons (Fsp3) is 0.409. The number of hydrogen-bond donors (Lipinski definition) is 0.